The fourth-order valence-electron chi connectivity index (χ4n) is 0.753. The van der Waals surface area contributed by atoms with Crippen molar-refractivity contribution in [2.24, 2.45) is 0 Å². The molecule has 0 bridgehead atoms. The summed E-state index contributed by atoms with van der Waals surface area (Å²) in [5, 5.41) is 0. The van der Waals surface area contributed by atoms with E-state index in [0.29, 0.717) is 6.10 Å². The van der Waals surface area contributed by atoms with Gasteiger partial charge in [0.1, 0.15) is 9.04 Å². The van der Waals surface area contributed by atoms with E-state index in [2.05, 4.69) is 27.7 Å². The summed E-state index contributed by atoms with van der Waals surface area (Å²) in [6, 6.07) is 2.23. The van der Waals surface area contributed by atoms with Crippen LogP contribution in [0.3, 0.4) is 0 Å². The van der Waals surface area contributed by atoms with E-state index >= 15 is 0 Å². The van der Waals surface area contributed by atoms with Crippen LogP contribution in [0.4, 0.5) is 0 Å². The minimum Gasteiger partial charge on any atom is -1.00 e. The summed E-state index contributed by atoms with van der Waals surface area (Å²) in [5.41, 5.74) is 0. The Morgan fingerprint density at radius 3 is 2.00 bits per heavy atom. The van der Waals surface area contributed by atoms with Crippen molar-refractivity contribution in [3.8, 4) is 0 Å². The van der Waals surface area contributed by atoms with Gasteiger partial charge in [-0.25, -0.2) is 0 Å². The maximum Gasteiger partial charge on any atom is 2.00 e. The van der Waals surface area contributed by atoms with E-state index in [4.69, 9.17) is 4.43 Å². The number of rotatable bonds is 4. The Balaban J connectivity index is -0.000000320. The minimum absolute atomic E-state index is 0. The average Bonchev–Trinajstić information content (AvgIpc) is 1.82. The maximum atomic E-state index is 5.62. The van der Waals surface area contributed by atoms with Gasteiger partial charge in [0.05, 0.1) is 0 Å². The molecule has 11 heavy (non-hydrogen) atoms. The summed E-state index contributed by atoms with van der Waals surface area (Å²) in [4.78, 5) is 0. The molecule has 0 aliphatic carbocycles. The summed E-state index contributed by atoms with van der Waals surface area (Å²) in [6.45, 7) is 10.2. The Morgan fingerprint density at radius 1 is 1.45 bits per heavy atom. The van der Waals surface area contributed by atoms with E-state index in [1.54, 1.807) is 0 Å². The Labute approximate surface area is 98.9 Å². The third-order valence-electron chi connectivity index (χ3n) is 1.24. The molecular weight excluding hydrogens is 232 g/mol. The zero-order valence-corrected chi connectivity index (χ0v) is 11.9. The molecule has 0 heterocycles. The van der Waals surface area contributed by atoms with Crippen molar-refractivity contribution >= 4 is 32.1 Å². The molecule has 1 atom stereocenters. The topological polar surface area (TPSA) is 9.23 Å². The molecule has 0 rings (SSSR count). The molecule has 0 saturated heterocycles. The molecule has 1 unspecified atom stereocenters. The van der Waals surface area contributed by atoms with Crippen LogP contribution in [0.25, 0.3) is 0 Å². The van der Waals surface area contributed by atoms with E-state index in [1.807, 2.05) is 0 Å². The molecule has 0 spiro atoms. The van der Waals surface area contributed by atoms with Crippen LogP contribution >= 0.6 is 0 Å². The Kier molecular flexibility index (Phi) is 19.0. The van der Waals surface area contributed by atoms with Crippen molar-refractivity contribution in [3.05, 3.63) is 6.92 Å². The van der Waals surface area contributed by atoms with Gasteiger partial charge in [-0.05, 0) is 19.9 Å². The molecule has 0 aliphatic heterocycles. The van der Waals surface area contributed by atoms with E-state index < -0.39 is 9.04 Å². The number of hydrogen-bond acceptors (Lipinski definition) is 1. The van der Waals surface area contributed by atoms with Crippen LogP contribution in [0.15, 0.2) is 0 Å². The van der Waals surface area contributed by atoms with Crippen LogP contribution in [0, 0.1) is 6.92 Å². The van der Waals surface area contributed by atoms with Gasteiger partial charge in [0.2, 0.25) is 0 Å². The molecule has 0 aromatic heterocycles. The second kappa shape index (κ2) is 11.4. The third kappa shape index (κ3) is 11.4. The summed E-state index contributed by atoms with van der Waals surface area (Å²) in [5.74, 6) is 0. The van der Waals surface area contributed by atoms with E-state index in [9.17, 15) is 0 Å². The predicted octanol–water partition coefficient (Wildman–Crippen LogP) is -1.39. The molecule has 0 aromatic rings. The first-order chi connectivity index (χ1) is 4.20. The molecule has 0 radical (unpaired) electrons. The molecule has 0 amide bonds. The van der Waals surface area contributed by atoms with Gasteiger partial charge in [-0.3, -0.25) is 0 Å². The van der Waals surface area contributed by atoms with Gasteiger partial charge in [-0.2, -0.15) is 6.04 Å². The van der Waals surface area contributed by atoms with Gasteiger partial charge < -0.3 is 28.3 Å². The van der Waals surface area contributed by atoms with Gasteiger partial charge in [0, 0.05) is 6.10 Å². The second-order valence-electron chi connectivity index (χ2n) is 2.50. The SMILES string of the molecule is [Br-].[CH2-]C[SiH](CC)OC(C)C.[Mg+2]. The quantitative estimate of drug-likeness (QED) is 0.440. The fourth-order valence-corrected chi connectivity index (χ4v) is 2.26. The van der Waals surface area contributed by atoms with Crippen molar-refractivity contribution in [2.45, 2.75) is 39.0 Å². The normalized spacial score (nSPS) is 11.7. The first-order valence-corrected chi connectivity index (χ1v) is 5.75. The molecule has 0 aliphatic rings. The largest absolute Gasteiger partial charge is 2.00 e. The molecule has 0 N–H and O–H groups in total. The van der Waals surface area contributed by atoms with Crippen LogP contribution in [-0.4, -0.2) is 38.2 Å². The zero-order valence-electron chi connectivity index (χ0n) is 7.77. The van der Waals surface area contributed by atoms with Crippen LogP contribution in [0.2, 0.25) is 12.1 Å². The van der Waals surface area contributed by atoms with Crippen LogP contribution in [0.5, 0.6) is 0 Å². The average molecular weight is 250 g/mol. The Bertz CT molecular complexity index is 69.5. The van der Waals surface area contributed by atoms with Crippen molar-refractivity contribution in [2.75, 3.05) is 0 Å². The smallest absolute Gasteiger partial charge is 1.00 e. The van der Waals surface area contributed by atoms with Gasteiger partial charge >= 0.3 is 23.1 Å². The Hall–Kier alpha value is 1.42. The summed E-state index contributed by atoms with van der Waals surface area (Å²) >= 11 is 0. The first-order valence-electron chi connectivity index (χ1n) is 3.65. The summed E-state index contributed by atoms with van der Waals surface area (Å²) in [6.07, 6.45) is 0.406. The van der Waals surface area contributed by atoms with Crippen LogP contribution in [0.1, 0.15) is 20.8 Å². The fraction of sp³-hybridized carbons (Fsp3) is 0.857. The molecule has 4 heteroatoms. The monoisotopic (exact) mass is 248 g/mol. The van der Waals surface area contributed by atoms with Gasteiger partial charge in [-0.1, -0.05) is 6.92 Å². The van der Waals surface area contributed by atoms with Gasteiger partial charge in [0.15, 0.2) is 0 Å². The Morgan fingerprint density at radius 2 is 1.91 bits per heavy atom. The van der Waals surface area contributed by atoms with Gasteiger partial charge in [-0.15, -0.1) is 0 Å². The van der Waals surface area contributed by atoms with Crippen LogP contribution in [-0.2, 0) is 4.43 Å². The summed E-state index contributed by atoms with van der Waals surface area (Å²) in [7, 11) is -0.861. The van der Waals surface area contributed by atoms with Crippen molar-refractivity contribution in [1.29, 1.82) is 0 Å². The number of hydrogen-bond donors (Lipinski definition) is 0. The molecule has 64 valence electrons. The molecule has 1 nitrogen and oxygen atoms in total. The molecule has 0 fully saturated rings. The maximum absolute atomic E-state index is 5.62. The van der Waals surface area contributed by atoms with Gasteiger partial charge in [0.25, 0.3) is 0 Å². The standard InChI is InChI=1S/C7H17OSi.BrH.Mg/c1-5-9(6-2)8-7(3)4;;/h7,9H,1,5-6H2,2-4H3;1H;/q-1;;+2/p-1. The number of halogens is 1. The molecular formula is C7H17BrMgOSi. The molecule has 0 aromatic carbocycles. The van der Waals surface area contributed by atoms with Crippen LogP contribution < -0.4 is 17.0 Å². The third-order valence-corrected chi connectivity index (χ3v) is 3.73. The van der Waals surface area contributed by atoms with E-state index in [1.165, 1.54) is 6.04 Å². The van der Waals surface area contributed by atoms with E-state index in [-0.39, 0.29) is 40.0 Å². The molecule has 0 saturated carbocycles. The predicted molar refractivity (Wildman–Crippen MR) is 49.8 cm³/mol. The second-order valence-corrected chi connectivity index (χ2v) is 5.41. The summed E-state index contributed by atoms with van der Waals surface area (Å²) < 4.78 is 5.62. The van der Waals surface area contributed by atoms with Crippen molar-refractivity contribution in [1.82, 2.24) is 0 Å². The zero-order chi connectivity index (χ0) is 7.28. The van der Waals surface area contributed by atoms with Crippen molar-refractivity contribution < 1.29 is 21.4 Å². The minimum atomic E-state index is -0.861. The van der Waals surface area contributed by atoms with E-state index in [0.717, 1.165) is 6.04 Å². The van der Waals surface area contributed by atoms with Crippen molar-refractivity contribution in [3.63, 3.8) is 0 Å². The first kappa shape index (κ1) is 18.3.